The van der Waals surface area contributed by atoms with Crippen LogP contribution >= 0.6 is 11.3 Å². The third-order valence-electron chi connectivity index (χ3n) is 3.02. The maximum Gasteiger partial charge on any atom is 0.254 e. The zero-order chi connectivity index (χ0) is 13.7. The maximum atomic E-state index is 12.1. The molecule has 0 unspecified atom stereocenters. The molecular formula is C14H19N3OS. The molecule has 0 spiro atoms. The lowest BCUT2D eigenvalue weighted by atomic mass is 10.2. The number of carbonyl (C=O) groups excluding carboxylic acids is 1. The van der Waals surface area contributed by atoms with Gasteiger partial charge in [-0.25, -0.2) is 0 Å². The highest BCUT2D eigenvalue weighted by Gasteiger charge is 2.13. The van der Waals surface area contributed by atoms with Crippen LogP contribution in [0, 0.1) is 6.92 Å². The topological polar surface area (TPSA) is 46.9 Å². The first-order valence-electron chi connectivity index (χ1n) is 6.55. The van der Waals surface area contributed by atoms with Crippen molar-refractivity contribution in [3.63, 3.8) is 0 Å². The van der Waals surface area contributed by atoms with Gasteiger partial charge in [0.15, 0.2) is 0 Å². The molecule has 0 saturated heterocycles. The van der Waals surface area contributed by atoms with Gasteiger partial charge in [0.25, 0.3) is 5.91 Å². The van der Waals surface area contributed by atoms with Crippen LogP contribution in [0.25, 0.3) is 0 Å². The number of nitrogens with zero attached hydrogens (tertiary/aromatic N) is 2. The van der Waals surface area contributed by atoms with E-state index in [2.05, 4.69) is 28.8 Å². The van der Waals surface area contributed by atoms with Gasteiger partial charge in [-0.05, 0) is 31.2 Å². The summed E-state index contributed by atoms with van der Waals surface area (Å²) in [4.78, 5) is 13.3. The molecule has 0 bridgehead atoms. The van der Waals surface area contributed by atoms with E-state index in [4.69, 9.17) is 0 Å². The molecular weight excluding hydrogens is 258 g/mol. The Morgan fingerprint density at radius 2 is 2.37 bits per heavy atom. The van der Waals surface area contributed by atoms with E-state index in [1.54, 1.807) is 17.5 Å². The number of rotatable bonds is 6. The lowest BCUT2D eigenvalue weighted by molar-refractivity contribution is 0.0953. The molecule has 102 valence electrons. The predicted molar refractivity (Wildman–Crippen MR) is 77.6 cm³/mol. The maximum absolute atomic E-state index is 12.1. The summed E-state index contributed by atoms with van der Waals surface area (Å²) in [6.07, 6.45) is 3.55. The van der Waals surface area contributed by atoms with E-state index in [1.807, 2.05) is 17.7 Å². The van der Waals surface area contributed by atoms with Crippen LogP contribution in [-0.4, -0.2) is 22.2 Å². The summed E-state index contributed by atoms with van der Waals surface area (Å²) in [6, 6.07) is 4.11. The number of carbonyl (C=O) groups is 1. The van der Waals surface area contributed by atoms with Crippen molar-refractivity contribution in [2.75, 3.05) is 6.54 Å². The molecule has 2 aromatic rings. The van der Waals surface area contributed by atoms with Gasteiger partial charge < -0.3 is 5.32 Å². The number of amides is 1. The number of aryl methyl sites for hydroxylation is 1. The number of thiophene rings is 1. The minimum absolute atomic E-state index is 0.0311. The fourth-order valence-corrected chi connectivity index (χ4v) is 2.66. The molecule has 0 aliphatic carbocycles. The van der Waals surface area contributed by atoms with Crippen LogP contribution in [-0.2, 0) is 13.0 Å². The monoisotopic (exact) mass is 277 g/mol. The number of hydrogen-bond acceptors (Lipinski definition) is 3. The Bertz CT molecular complexity index is 531. The molecule has 0 aliphatic rings. The normalized spacial score (nSPS) is 10.6. The molecule has 0 aliphatic heterocycles. The van der Waals surface area contributed by atoms with Crippen LogP contribution in [0.2, 0.25) is 0 Å². The van der Waals surface area contributed by atoms with Crippen molar-refractivity contribution in [1.29, 1.82) is 0 Å². The van der Waals surface area contributed by atoms with Gasteiger partial charge in [0.05, 0.1) is 11.8 Å². The van der Waals surface area contributed by atoms with Gasteiger partial charge in [-0.1, -0.05) is 13.0 Å². The zero-order valence-electron chi connectivity index (χ0n) is 11.3. The first-order valence-corrected chi connectivity index (χ1v) is 7.43. The van der Waals surface area contributed by atoms with Crippen molar-refractivity contribution in [2.24, 2.45) is 0 Å². The molecule has 5 heteroatoms. The molecule has 0 atom stereocenters. The van der Waals surface area contributed by atoms with Crippen LogP contribution < -0.4 is 5.32 Å². The Kier molecular flexibility index (Phi) is 4.74. The third kappa shape index (κ3) is 3.44. The van der Waals surface area contributed by atoms with Crippen LogP contribution in [0.1, 0.15) is 34.3 Å². The van der Waals surface area contributed by atoms with Crippen LogP contribution in [0.15, 0.2) is 23.7 Å². The van der Waals surface area contributed by atoms with Crippen molar-refractivity contribution in [3.05, 3.63) is 39.8 Å². The van der Waals surface area contributed by atoms with Crippen LogP contribution in [0.3, 0.4) is 0 Å². The average Bonchev–Trinajstić information content (AvgIpc) is 3.01. The smallest absolute Gasteiger partial charge is 0.254 e. The summed E-state index contributed by atoms with van der Waals surface area (Å²) in [5.41, 5.74) is 1.62. The molecule has 1 N–H and O–H groups in total. The lowest BCUT2D eigenvalue weighted by Crippen LogP contribution is -2.26. The Labute approximate surface area is 117 Å². The second-order valence-corrected chi connectivity index (χ2v) is 5.48. The van der Waals surface area contributed by atoms with Gasteiger partial charge in [-0.15, -0.1) is 11.3 Å². The summed E-state index contributed by atoms with van der Waals surface area (Å²) >= 11 is 1.72. The molecule has 2 heterocycles. The van der Waals surface area contributed by atoms with E-state index in [9.17, 15) is 4.79 Å². The number of aromatic nitrogens is 2. The molecule has 2 aromatic heterocycles. The van der Waals surface area contributed by atoms with Gasteiger partial charge >= 0.3 is 0 Å². The van der Waals surface area contributed by atoms with Crippen molar-refractivity contribution in [3.8, 4) is 0 Å². The lowest BCUT2D eigenvalue weighted by Gasteiger charge is -2.05. The van der Waals surface area contributed by atoms with E-state index < -0.39 is 0 Å². The fourth-order valence-electron chi connectivity index (χ4n) is 1.96. The zero-order valence-corrected chi connectivity index (χ0v) is 12.2. The molecule has 2 rings (SSSR count). The molecule has 0 radical (unpaired) electrons. The summed E-state index contributed by atoms with van der Waals surface area (Å²) in [5, 5.41) is 9.24. The minimum Gasteiger partial charge on any atom is -0.352 e. The molecule has 1 amide bonds. The highest BCUT2D eigenvalue weighted by atomic mass is 32.1. The SMILES string of the molecule is CCCn1ncc(C(=O)NCCc2cccs2)c1C. The third-order valence-corrected chi connectivity index (χ3v) is 3.96. The quantitative estimate of drug-likeness (QED) is 0.882. The largest absolute Gasteiger partial charge is 0.352 e. The Morgan fingerprint density at radius 1 is 1.53 bits per heavy atom. The standard InChI is InChI=1S/C14H19N3OS/c1-3-8-17-11(2)13(10-16-17)14(18)15-7-6-12-5-4-9-19-12/h4-5,9-10H,3,6-8H2,1-2H3,(H,15,18). The summed E-state index contributed by atoms with van der Waals surface area (Å²) in [7, 11) is 0. The van der Waals surface area contributed by atoms with Gasteiger partial charge in [0.1, 0.15) is 0 Å². The van der Waals surface area contributed by atoms with Crippen molar-refractivity contribution in [1.82, 2.24) is 15.1 Å². The molecule has 4 nitrogen and oxygen atoms in total. The van der Waals surface area contributed by atoms with Gasteiger partial charge in [0.2, 0.25) is 0 Å². The summed E-state index contributed by atoms with van der Waals surface area (Å²) in [6.45, 7) is 5.56. The molecule has 0 aromatic carbocycles. The number of hydrogen-bond donors (Lipinski definition) is 1. The van der Waals surface area contributed by atoms with Crippen LogP contribution in [0.5, 0.6) is 0 Å². The van der Waals surface area contributed by atoms with Crippen molar-refractivity contribution >= 4 is 17.2 Å². The minimum atomic E-state index is -0.0311. The van der Waals surface area contributed by atoms with Crippen molar-refractivity contribution < 1.29 is 4.79 Å². The van der Waals surface area contributed by atoms with Gasteiger partial charge in [-0.3, -0.25) is 9.48 Å². The van der Waals surface area contributed by atoms with E-state index in [-0.39, 0.29) is 5.91 Å². The van der Waals surface area contributed by atoms with E-state index in [1.165, 1.54) is 4.88 Å². The van der Waals surface area contributed by atoms with E-state index in [0.717, 1.165) is 25.1 Å². The summed E-state index contributed by atoms with van der Waals surface area (Å²) < 4.78 is 1.88. The highest BCUT2D eigenvalue weighted by Crippen LogP contribution is 2.10. The average molecular weight is 277 g/mol. The Balaban J connectivity index is 1.89. The molecule has 19 heavy (non-hydrogen) atoms. The van der Waals surface area contributed by atoms with E-state index in [0.29, 0.717) is 12.1 Å². The molecule has 0 fully saturated rings. The highest BCUT2D eigenvalue weighted by molar-refractivity contribution is 7.09. The van der Waals surface area contributed by atoms with Crippen LogP contribution in [0.4, 0.5) is 0 Å². The second-order valence-electron chi connectivity index (χ2n) is 4.45. The Morgan fingerprint density at radius 3 is 3.05 bits per heavy atom. The second kappa shape index (κ2) is 6.52. The fraction of sp³-hybridized carbons (Fsp3) is 0.429. The Hall–Kier alpha value is -1.62. The van der Waals surface area contributed by atoms with E-state index >= 15 is 0 Å². The van der Waals surface area contributed by atoms with Gasteiger partial charge in [-0.2, -0.15) is 5.10 Å². The first kappa shape index (κ1) is 13.8. The first-order chi connectivity index (χ1) is 9.22. The molecule has 0 saturated carbocycles. The number of nitrogens with one attached hydrogen (secondary N) is 1. The van der Waals surface area contributed by atoms with Gasteiger partial charge in [0, 0.05) is 23.7 Å². The predicted octanol–water partition coefficient (Wildman–Crippen LogP) is 2.64. The summed E-state index contributed by atoms with van der Waals surface area (Å²) in [5.74, 6) is -0.0311. The van der Waals surface area contributed by atoms with Crippen molar-refractivity contribution in [2.45, 2.75) is 33.2 Å².